The number of hydrogen-bond donors (Lipinski definition) is 1. The van der Waals surface area contributed by atoms with Gasteiger partial charge < -0.3 is 24.1 Å². The van der Waals surface area contributed by atoms with Crippen molar-refractivity contribution in [1.29, 1.82) is 0 Å². The molecule has 1 aromatic carbocycles. The third-order valence-electron chi connectivity index (χ3n) is 3.71. The molecule has 1 atom stereocenters. The van der Waals surface area contributed by atoms with Crippen LogP contribution in [0.4, 0.5) is 0 Å². The molecule has 0 aliphatic carbocycles. The average Bonchev–Trinajstić information content (AvgIpc) is 3.06. The maximum Gasteiger partial charge on any atom is 0.290 e. The number of methoxy groups -OCH3 is 1. The van der Waals surface area contributed by atoms with Gasteiger partial charge in [0.05, 0.1) is 7.11 Å². The average molecular weight is 329 g/mol. The molecule has 1 amide bonds. The first kappa shape index (κ1) is 15.9. The Hall–Kier alpha value is -2.96. The molecule has 7 nitrogen and oxygen atoms in total. The fraction of sp³-hybridized carbons (Fsp3) is 0.294. The fourth-order valence-corrected chi connectivity index (χ4v) is 2.44. The highest BCUT2D eigenvalue weighted by atomic mass is 16.6. The van der Waals surface area contributed by atoms with Crippen molar-refractivity contribution < 1.29 is 19.0 Å². The Morgan fingerprint density at radius 1 is 1.33 bits per heavy atom. The van der Waals surface area contributed by atoms with Crippen LogP contribution in [0.2, 0.25) is 0 Å². The molecule has 1 aliphatic rings. The summed E-state index contributed by atoms with van der Waals surface area (Å²) in [6, 6.07) is 7.05. The van der Waals surface area contributed by atoms with Gasteiger partial charge in [0, 0.05) is 19.4 Å². The standard InChI is InChI=1S/C17H19N3O4/c1-20-8-7-18-16(20)15(12-3-5-13(22-2)6-4-12)19-17(21)14-11-23-9-10-24-14/h3-8,11,15H,9-10H2,1-2H3,(H,19,21)/t15-/m0/s1. The van der Waals surface area contributed by atoms with Crippen LogP contribution in [0, 0.1) is 0 Å². The Kier molecular flexibility index (Phi) is 4.69. The van der Waals surface area contributed by atoms with Crippen LogP contribution in [0.5, 0.6) is 5.75 Å². The van der Waals surface area contributed by atoms with Crippen molar-refractivity contribution in [2.24, 2.45) is 7.05 Å². The number of amides is 1. The zero-order valence-electron chi connectivity index (χ0n) is 13.6. The molecule has 7 heteroatoms. The van der Waals surface area contributed by atoms with Crippen molar-refractivity contribution in [2.75, 3.05) is 20.3 Å². The number of ether oxygens (including phenoxy) is 3. The summed E-state index contributed by atoms with van der Waals surface area (Å²) in [4.78, 5) is 16.8. The molecule has 1 aromatic heterocycles. The monoisotopic (exact) mass is 329 g/mol. The normalized spacial score (nSPS) is 14.8. The molecule has 2 heterocycles. The van der Waals surface area contributed by atoms with E-state index in [1.165, 1.54) is 6.26 Å². The highest BCUT2D eigenvalue weighted by molar-refractivity contribution is 5.91. The van der Waals surface area contributed by atoms with Gasteiger partial charge in [-0.3, -0.25) is 4.79 Å². The number of hydrogen-bond acceptors (Lipinski definition) is 5. The molecule has 0 saturated heterocycles. The van der Waals surface area contributed by atoms with Gasteiger partial charge >= 0.3 is 0 Å². The van der Waals surface area contributed by atoms with Crippen molar-refractivity contribution in [1.82, 2.24) is 14.9 Å². The van der Waals surface area contributed by atoms with Crippen LogP contribution >= 0.6 is 0 Å². The van der Waals surface area contributed by atoms with Crippen molar-refractivity contribution >= 4 is 5.91 Å². The second-order valence-corrected chi connectivity index (χ2v) is 5.28. The lowest BCUT2D eigenvalue weighted by Crippen LogP contribution is -2.33. The van der Waals surface area contributed by atoms with E-state index < -0.39 is 6.04 Å². The van der Waals surface area contributed by atoms with Gasteiger partial charge in [-0.2, -0.15) is 0 Å². The number of imidazole rings is 1. The Balaban J connectivity index is 1.88. The number of nitrogens with zero attached hydrogens (tertiary/aromatic N) is 2. The predicted octanol–water partition coefficient (Wildman–Crippen LogP) is 1.52. The predicted molar refractivity (Wildman–Crippen MR) is 86.2 cm³/mol. The molecule has 126 valence electrons. The van der Waals surface area contributed by atoms with Crippen molar-refractivity contribution in [3.05, 3.63) is 60.1 Å². The summed E-state index contributed by atoms with van der Waals surface area (Å²) in [6.07, 6.45) is 4.86. The van der Waals surface area contributed by atoms with Crippen LogP contribution in [0.1, 0.15) is 17.4 Å². The molecule has 3 rings (SSSR count). The van der Waals surface area contributed by atoms with E-state index in [0.29, 0.717) is 19.0 Å². The van der Waals surface area contributed by atoms with Crippen molar-refractivity contribution in [2.45, 2.75) is 6.04 Å². The second-order valence-electron chi connectivity index (χ2n) is 5.28. The molecule has 0 saturated carbocycles. The molecule has 1 aliphatic heterocycles. The summed E-state index contributed by atoms with van der Waals surface area (Å²) >= 11 is 0. The molecule has 0 radical (unpaired) electrons. The summed E-state index contributed by atoms with van der Waals surface area (Å²) in [5.74, 6) is 1.27. The number of rotatable bonds is 5. The topological polar surface area (TPSA) is 74.6 Å². The van der Waals surface area contributed by atoms with E-state index in [9.17, 15) is 4.79 Å². The fourth-order valence-electron chi connectivity index (χ4n) is 2.44. The van der Waals surface area contributed by atoms with Crippen LogP contribution in [0.15, 0.2) is 48.7 Å². The number of aromatic nitrogens is 2. The molecule has 24 heavy (non-hydrogen) atoms. The van der Waals surface area contributed by atoms with Crippen LogP contribution in [0.25, 0.3) is 0 Å². The number of carbonyl (C=O) groups is 1. The molecule has 0 fully saturated rings. The molecule has 0 spiro atoms. The lowest BCUT2D eigenvalue weighted by atomic mass is 10.1. The second kappa shape index (κ2) is 7.08. The van der Waals surface area contributed by atoms with Gasteiger partial charge in [-0.15, -0.1) is 0 Å². The lowest BCUT2D eigenvalue weighted by Gasteiger charge is -2.21. The first-order chi connectivity index (χ1) is 11.7. The van der Waals surface area contributed by atoms with E-state index in [-0.39, 0.29) is 11.7 Å². The van der Waals surface area contributed by atoms with Gasteiger partial charge in [0.25, 0.3) is 5.91 Å². The number of carbonyl (C=O) groups excluding carboxylic acids is 1. The Morgan fingerprint density at radius 2 is 2.12 bits per heavy atom. The molecule has 0 unspecified atom stereocenters. The summed E-state index contributed by atoms with van der Waals surface area (Å²) < 4.78 is 17.5. The van der Waals surface area contributed by atoms with Gasteiger partial charge in [0.2, 0.25) is 5.76 Å². The minimum atomic E-state index is -0.421. The Bertz CT molecular complexity index is 737. The van der Waals surface area contributed by atoms with Crippen LogP contribution in [0.3, 0.4) is 0 Å². The van der Waals surface area contributed by atoms with E-state index in [2.05, 4.69) is 10.3 Å². The summed E-state index contributed by atoms with van der Waals surface area (Å²) in [5.41, 5.74) is 0.885. The van der Waals surface area contributed by atoms with Crippen molar-refractivity contribution in [3.63, 3.8) is 0 Å². The zero-order valence-corrected chi connectivity index (χ0v) is 13.6. The SMILES string of the molecule is COc1ccc([C@H](NC(=O)C2=COCCO2)c2nccn2C)cc1. The van der Waals surface area contributed by atoms with Crippen molar-refractivity contribution in [3.8, 4) is 5.75 Å². The number of aryl methyl sites for hydroxylation is 1. The van der Waals surface area contributed by atoms with E-state index in [1.807, 2.05) is 42.1 Å². The van der Waals surface area contributed by atoms with E-state index in [0.717, 1.165) is 11.3 Å². The first-order valence-electron chi connectivity index (χ1n) is 7.55. The minimum absolute atomic E-state index is 0.161. The van der Waals surface area contributed by atoms with Gasteiger partial charge in [0.1, 0.15) is 37.1 Å². The third-order valence-corrected chi connectivity index (χ3v) is 3.71. The molecular formula is C17H19N3O4. The van der Waals surface area contributed by atoms with Gasteiger partial charge in [-0.05, 0) is 17.7 Å². The smallest absolute Gasteiger partial charge is 0.290 e. The molecule has 0 bridgehead atoms. The van der Waals surface area contributed by atoms with E-state index in [1.54, 1.807) is 13.3 Å². The number of nitrogens with one attached hydrogen (secondary N) is 1. The maximum absolute atomic E-state index is 12.5. The third kappa shape index (κ3) is 3.34. The van der Waals surface area contributed by atoms with Gasteiger partial charge in [-0.25, -0.2) is 4.98 Å². The largest absolute Gasteiger partial charge is 0.497 e. The van der Waals surface area contributed by atoms with Gasteiger partial charge in [-0.1, -0.05) is 12.1 Å². The van der Waals surface area contributed by atoms with Crippen LogP contribution in [-0.4, -0.2) is 35.8 Å². The minimum Gasteiger partial charge on any atom is -0.497 e. The maximum atomic E-state index is 12.5. The number of benzene rings is 1. The van der Waals surface area contributed by atoms with Crippen LogP contribution in [-0.2, 0) is 21.3 Å². The first-order valence-corrected chi connectivity index (χ1v) is 7.55. The highest BCUT2D eigenvalue weighted by Gasteiger charge is 2.24. The quantitative estimate of drug-likeness (QED) is 0.900. The van der Waals surface area contributed by atoms with Gasteiger partial charge in [0.15, 0.2) is 0 Å². The molecular weight excluding hydrogens is 310 g/mol. The van der Waals surface area contributed by atoms with E-state index in [4.69, 9.17) is 14.2 Å². The highest BCUT2D eigenvalue weighted by Crippen LogP contribution is 2.23. The Morgan fingerprint density at radius 3 is 2.71 bits per heavy atom. The zero-order chi connectivity index (χ0) is 16.9. The summed E-state index contributed by atoms with van der Waals surface area (Å²) in [7, 11) is 3.49. The van der Waals surface area contributed by atoms with Crippen LogP contribution < -0.4 is 10.1 Å². The molecule has 1 N–H and O–H groups in total. The van der Waals surface area contributed by atoms with E-state index >= 15 is 0 Å². The summed E-state index contributed by atoms with van der Waals surface area (Å²) in [5, 5.41) is 2.95. The summed E-state index contributed by atoms with van der Waals surface area (Å²) in [6.45, 7) is 0.799. The lowest BCUT2D eigenvalue weighted by molar-refractivity contribution is -0.122. The Labute approximate surface area is 139 Å². The molecule has 2 aromatic rings.